The van der Waals surface area contributed by atoms with Gasteiger partial charge in [-0.2, -0.15) is 0 Å². The van der Waals surface area contributed by atoms with Crippen molar-refractivity contribution >= 4 is 11.8 Å². The lowest BCUT2D eigenvalue weighted by atomic mass is 9.86. The molecule has 3 nitrogen and oxygen atoms in total. The molecule has 18 heavy (non-hydrogen) atoms. The summed E-state index contributed by atoms with van der Waals surface area (Å²) in [5.41, 5.74) is 2.31. The first-order valence-electron chi connectivity index (χ1n) is 6.03. The van der Waals surface area contributed by atoms with E-state index < -0.39 is 0 Å². The number of aryl methyl sites for hydroxylation is 1. The van der Waals surface area contributed by atoms with Gasteiger partial charge < -0.3 is 4.74 Å². The molecular formula is C15H16O3. The fourth-order valence-corrected chi connectivity index (χ4v) is 2.19. The molecular weight excluding hydrogens is 228 g/mol. The van der Waals surface area contributed by atoms with Gasteiger partial charge in [0, 0.05) is 25.8 Å². The van der Waals surface area contributed by atoms with Gasteiger partial charge in [-0.05, 0) is 18.4 Å². The largest absolute Gasteiger partial charge is 0.431 e. The van der Waals surface area contributed by atoms with Gasteiger partial charge in [0.05, 0.1) is 0 Å². The lowest BCUT2D eigenvalue weighted by Gasteiger charge is -2.21. The summed E-state index contributed by atoms with van der Waals surface area (Å²) in [6, 6.07) is 8.13. The highest BCUT2D eigenvalue weighted by Crippen LogP contribution is 2.31. The molecule has 0 bridgehead atoms. The van der Waals surface area contributed by atoms with Crippen molar-refractivity contribution in [1.29, 1.82) is 0 Å². The highest BCUT2D eigenvalue weighted by Gasteiger charge is 2.23. The second-order valence-electron chi connectivity index (χ2n) is 4.69. The number of hydrogen-bond acceptors (Lipinski definition) is 3. The number of ether oxygens (including phenoxy) is 1. The third-order valence-corrected chi connectivity index (χ3v) is 3.04. The van der Waals surface area contributed by atoms with Crippen LogP contribution in [0.25, 0.3) is 0 Å². The van der Waals surface area contributed by atoms with E-state index >= 15 is 0 Å². The molecule has 1 aliphatic rings. The predicted molar refractivity (Wildman–Crippen MR) is 68.0 cm³/mol. The molecule has 2 rings (SSSR count). The summed E-state index contributed by atoms with van der Waals surface area (Å²) in [5, 5.41) is 0. The van der Waals surface area contributed by atoms with Gasteiger partial charge in [0.1, 0.15) is 5.76 Å². The fourth-order valence-electron chi connectivity index (χ4n) is 2.19. The molecule has 0 aromatic heterocycles. The first kappa shape index (κ1) is 12.6. The fraction of sp³-hybridized carbons (Fsp3) is 0.333. The van der Waals surface area contributed by atoms with E-state index in [2.05, 4.69) is 0 Å². The zero-order valence-electron chi connectivity index (χ0n) is 10.6. The Morgan fingerprint density at radius 1 is 1.22 bits per heavy atom. The number of allylic oxidation sites excluding steroid dienone is 2. The Balaban J connectivity index is 2.16. The second kappa shape index (κ2) is 5.17. The van der Waals surface area contributed by atoms with E-state index in [1.54, 1.807) is 0 Å². The Morgan fingerprint density at radius 2 is 1.89 bits per heavy atom. The molecule has 1 atom stereocenters. The Bertz CT molecular complexity index is 497. The summed E-state index contributed by atoms with van der Waals surface area (Å²) < 4.78 is 5.04. The van der Waals surface area contributed by atoms with Crippen LogP contribution in [0.3, 0.4) is 0 Å². The molecule has 0 radical (unpaired) electrons. The average Bonchev–Trinajstić information content (AvgIpc) is 2.28. The van der Waals surface area contributed by atoms with Crippen LogP contribution in [0.2, 0.25) is 0 Å². The molecule has 0 saturated carbocycles. The summed E-state index contributed by atoms with van der Waals surface area (Å²) in [5.74, 6) is 0.225. The summed E-state index contributed by atoms with van der Waals surface area (Å²) in [6.07, 6.45) is 2.52. The van der Waals surface area contributed by atoms with Crippen LogP contribution in [0.1, 0.15) is 36.8 Å². The number of carbonyl (C=O) groups excluding carboxylic acids is 2. The molecule has 0 spiro atoms. The lowest BCUT2D eigenvalue weighted by Crippen LogP contribution is -2.15. The SMILES string of the molecule is CC(=O)OC1=CC(=O)C[C@H](c2ccc(C)cc2)C1. The maximum Gasteiger partial charge on any atom is 0.307 e. The van der Waals surface area contributed by atoms with Gasteiger partial charge in [0.2, 0.25) is 0 Å². The van der Waals surface area contributed by atoms with E-state index in [9.17, 15) is 9.59 Å². The monoisotopic (exact) mass is 244 g/mol. The van der Waals surface area contributed by atoms with E-state index in [0.717, 1.165) is 5.56 Å². The number of ketones is 1. The number of rotatable bonds is 2. The Labute approximate surface area is 106 Å². The minimum absolute atomic E-state index is 0.0167. The van der Waals surface area contributed by atoms with Gasteiger partial charge in [0.25, 0.3) is 0 Å². The van der Waals surface area contributed by atoms with E-state index in [-0.39, 0.29) is 17.7 Å². The summed E-state index contributed by atoms with van der Waals surface area (Å²) in [7, 11) is 0. The average molecular weight is 244 g/mol. The zero-order chi connectivity index (χ0) is 13.1. The molecule has 94 valence electrons. The molecule has 0 unspecified atom stereocenters. The third-order valence-electron chi connectivity index (χ3n) is 3.04. The highest BCUT2D eigenvalue weighted by atomic mass is 16.5. The van der Waals surface area contributed by atoms with Crippen molar-refractivity contribution in [2.75, 3.05) is 0 Å². The van der Waals surface area contributed by atoms with Gasteiger partial charge >= 0.3 is 5.97 Å². The van der Waals surface area contributed by atoms with Crippen molar-refractivity contribution in [2.45, 2.75) is 32.6 Å². The molecule has 1 aromatic rings. The molecule has 1 aliphatic carbocycles. The third kappa shape index (κ3) is 3.06. The molecule has 0 fully saturated rings. The molecule has 1 aromatic carbocycles. The van der Waals surface area contributed by atoms with Crippen LogP contribution in [-0.2, 0) is 14.3 Å². The van der Waals surface area contributed by atoms with E-state index in [4.69, 9.17) is 4.74 Å². The van der Waals surface area contributed by atoms with E-state index in [0.29, 0.717) is 18.6 Å². The van der Waals surface area contributed by atoms with Crippen molar-refractivity contribution < 1.29 is 14.3 Å². The minimum atomic E-state index is -0.376. The Morgan fingerprint density at radius 3 is 2.50 bits per heavy atom. The minimum Gasteiger partial charge on any atom is -0.431 e. The van der Waals surface area contributed by atoms with Crippen LogP contribution in [0, 0.1) is 6.92 Å². The van der Waals surface area contributed by atoms with Crippen molar-refractivity contribution in [3.63, 3.8) is 0 Å². The first-order chi connectivity index (χ1) is 8.54. The first-order valence-corrected chi connectivity index (χ1v) is 6.03. The van der Waals surface area contributed by atoms with Crippen LogP contribution in [0.15, 0.2) is 36.1 Å². The normalized spacial score (nSPS) is 19.3. The van der Waals surface area contributed by atoms with Crippen molar-refractivity contribution in [3.8, 4) is 0 Å². The maximum absolute atomic E-state index is 11.6. The van der Waals surface area contributed by atoms with Crippen LogP contribution in [-0.4, -0.2) is 11.8 Å². The van der Waals surface area contributed by atoms with Crippen LogP contribution >= 0.6 is 0 Å². The van der Waals surface area contributed by atoms with Gasteiger partial charge in [-0.15, -0.1) is 0 Å². The maximum atomic E-state index is 11.6. The molecule has 0 heterocycles. The van der Waals surface area contributed by atoms with Gasteiger partial charge in [-0.1, -0.05) is 29.8 Å². The summed E-state index contributed by atoms with van der Waals surface area (Å²) >= 11 is 0. The molecule has 0 amide bonds. The van der Waals surface area contributed by atoms with Gasteiger partial charge in [-0.25, -0.2) is 0 Å². The molecule has 0 aliphatic heterocycles. The summed E-state index contributed by atoms with van der Waals surface area (Å²) in [4.78, 5) is 22.6. The van der Waals surface area contributed by atoms with Crippen molar-refractivity contribution in [2.24, 2.45) is 0 Å². The van der Waals surface area contributed by atoms with Gasteiger partial charge in [0.15, 0.2) is 5.78 Å². The molecule has 3 heteroatoms. The smallest absolute Gasteiger partial charge is 0.307 e. The van der Waals surface area contributed by atoms with Crippen LogP contribution < -0.4 is 0 Å². The predicted octanol–water partition coefficient (Wildman–Crippen LogP) is 2.89. The van der Waals surface area contributed by atoms with Crippen LogP contribution in [0.5, 0.6) is 0 Å². The van der Waals surface area contributed by atoms with E-state index in [1.165, 1.54) is 18.6 Å². The zero-order valence-corrected chi connectivity index (χ0v) is 10.6. The van der Waals surface area contributed by atoms with Gasteiger partial charge in [-0.3, -0.25) is 9.59 Å². The van der Waals surface area contributed by atoms with Crippen LogP contribution in [0.4, 0.5) is 0 Å². The lowest BCUT2D eigenvalue weighted by molar-refractivity contribution is -0.137. The highest BCUT2D eigenvalue weighted by molar-refractivity contribution is 5.92. The number of carbonyl (C=O) groups is 2. The topological polar surface area (TPSA) is 43.4 Å². The van der Waals surface area contributed by atoms with E-state index in [1.807, 2.05) is 31.2 Å². The molecule has 0 saturated heterocycles. The molecule has 0 N–H and O–H groups in total. The standard InChI is InChI=1S/C15H16O3/c1-10-3-5-12(6-4-10)13-7-14(17)9-15(8-13)18-11(2)16/h3-6,9,13H,7-8H2,1-2H3/t13-/m0/s1. The quantitative estimate of drug-likeness (QED) is 0.751. The number of esters is 1. The Hall–Kier alpha value is -1.90. The summed E-state index contributed by atoms with van der Waals surface area (Å²) in [6.45, 7) is 3.38. The second-order valence-corrected chi connectivity index (χ2v) is 4.69. The number of benzene rings is 1. The van der Waals surface area contributed by atoms with Crippen molar-refractivity contribution in [1.82, 2.24) is 0 Å². The Kier molecular flexibility index (Phi) is 3.60. The number of hydrogen-bond donors (Lipinski definition) is 0. The van der Waals surface area contributed by atoms with Crippen molar-refractivity contribution in [3.05, 3.63) is 47.2 Å².